The van der Waals surface area contributed by atoms with Gasteiger partial charge in [-0.1, -0.05) is 19.1 Å². The van der Waals surface area contributed by atoms with Gasteiger partial charge in [0, 0.05) is 24.3 Å². The highest BCUT2D eigenvalue weighted by Crippen LogP contribution is 2.24. The lowest BCUT2D eigenvalue weighted by Crippen LogP contribution is -2.38. The largest absolute Gasteiger partial charge is 0.368 e. The van der Waals surface area contributed by atoms with E-state index in [0.717, 1.165) is 49.5 Å². The molecule has 0 bridgehead atoms. The van der Waals surface area contributed by atoms with Crippen molar-refractivity contribution in [2.24, 2.45) is 0 Å². The Morgan fingerprint density at radius 3 is 3.11 bits per heavy atom. The summed E-state index contributed by atoms with van der Waals surface area (Å²) in [6.45, 7) is 5.94. The lowest BCUT2D eigenvalue weighted by atomic mass is 9.97. The molecule has 104 valence electrons. The van der Waals surface area contributed by atoms with E-state index in [1.165, 1.54) is 24.1 Å². The molecule has 19 heavy (non-hydrogen) atoms. The number of aromatic amines is 1. The Kier molecular flexibility index (Phi) is 3.96. The summed E-state index contributed by atoms with van der Waals surface area (Å²) < 4.78 is 6.64. The van der Waals surface area contributed by atoms with Crippen LogP contribution in [-0.4, -0.2) is 41.1 Å². The molecule has 1 unspecified atom stereocenters. The van der Waals surface area contributed by atoms with E-state index in [2.05, 4.69) is 21.8 Å². The van der Waals surface area contributed by atoms with Gasteiger partial charge in [0.1, 0.15) is 16.6 Å². The minimum Gasteiger partial charge on any atom is -0.368 e. The number of aryl methyl sites for hydroxylation is 1. The SMILES string of the molecule is CCN1CCOC(c2nc(=S)c3c([nH]2)CCCC3)C1. The Bertz CT molecular complexity index is 514. The van der Waals surface area contributed by atoms with Crippen molar-refractivity contribution in [3.63, 3.8) is 0 Å². The summed E-state index contributed by atoms with van der Waals surface area (Å²) in [5, 5.41) is 0. The van der Waals surface area contributed by atoms with Crippen molar-refractivity contribution >= 4 is 12.2 Å². The number of nitrogens with zero attached hydrogens (tertiary/aromatic N) is 2. The standard InChI is InChI=1S/C14H21N3OS/c1-2-17-7-8-18-12(9-17)13-15-11-6-4-3-5-10(11)14(19)16-13/h12H,2-9H2,1H3,(H,15,16,19). The van der Waals surface area contributed by atoms with Crippen LogP contribution in [0, 0.1) is 4.64 Å². The fourth-order valence-electron chi connectivity index (χ4n) is 2.95. The molecule has 0 aromatic carbocycles. The van der Waals surface area contributed by atoms with E-state index in [1.54, 1.807) is 0 Å². The molecule has 1 N–H and O–H groups in total. The van der Waals surface area contributed by atoms with Crippen molar-refractivity contribution in [3.05, 3.63) is 21.7 Å². The zero-order chi connectivity index (χ0) is 13.2. The second kappa shape index (κ2) is 5.69. The molecule has 2 aliphatic rings. The Labute approximate surface area is 119 Å². The molecule has 0 spiro atoms. The van der Waals surface area contributed by atoms with Crippen LogP contribution in [-0.2, 0) is 17.6 Å². The summed E-state index contributed by atoms with van der Waals surface area (Å²) in [5.74, 6) is 0.920. The fraction of sp³-hybridized carbons (Fsp3) is 0.714. The summed E-state index contributed by atoms with van der Waals surface area (Å²) in [7, 11) is 0. The molecule has 0 radical (unpaired) electrons. The predicted octanol–water partition coefficient (Wildman–Crippen LogP) is 2.41. The molecule has 4 nitrogen and oxygen atoms in total. The van der Waals surface area contributed by atoms with Crippen LogP contribution in [0.4, 0.5) is 0 Å². The predicted molar refractivity (Wildman–Crippen MR) is 76.9 cm³/mol. The number of likely N-dealkylation sites (N-methyl/N-ethyl adjacent to an activating group) is 1. The van der Waals surface area contributed by atoms with Crippen molar-refractivity contribution in [1.82, 2.24) is 14.9 Å². The van der Waals surface area contributed by atoms with E-state index < -0.39 is 0 Å². The first kappa shape index (κ1) is 13.2. The first-order valence-electron chi connectivity index (χ1n) is 7.24. The van der Waals surface area contributed by atoms with Crippen molar-refractivity contribution in [3.8, 4) is 0 Å². The molecule has 0 amide bonds. The first-order chi connectivity index (χ1) is 9.28. The van der Waals surface area contributed by atoms with Gasteiger partial charge in [0.05, 0.1) is 6.61 Å². The van der Waals surface area contributed by atoms with Crippen molar-refractivity contribution in [1.29, 1.82) is 0 Å². The van der Waals surface area contributed by atoms with Gasteiger partial charge in [-0.3, -0.25) is 4.90 Å². The van der Waals surface area contributed by atoms with E-state index in [1.807, 2.05) is 0 Å². The van der Waals surface area contributed by atoms with Crippen LogP contribution in [0.3, 0.4) is 0 Å². The number of nitrogens with one attached hydrogen (secondary N) is 1. The van der Waals surface area contributed by atoms with Crippen LogP contribution < -0.4 is 0 Å². The zero-order valence-electron chi connectivity index (χ0n) is 11.4. The molecular weight excluding hydrogens is 258 g/mol. The average molecular weight is 279 g/mol. The van der Waals surface area contributed by atoms with Crippen molar-refractivity contribution < 1.29 is 4.74 Å². The molecule has 1 saturated heterocycles. The summed E-state index contributed by atoms with van der Waals surface area (Å²) >= 11 is 5.45. The van der Waals surface area contributed by atoms with Gasteiger partial charge in [0.25, 0.3) is 0 Å². The second-order valence-corrected chi connectivity index (χ2v) is 5.73. The van der Waals surface area contributed by atoms with E-state index in [9.17, 15) is 0 Å². The maximum absolute atomic E-state index is 5.86. The lowest BCUT2D eigenvalue weighted by molar-refractivity contribution is -0.0327. The summed E-state index contributed by atoms with van der Waals surface area (Å²) in [6.07, 6.45) is 4.69. The highest BCUT2D eigenvalue weighted by Gasteiger charge is 2.24. The molecule has 5 heteroatoms. The Hall–Kier alpha value is -0.780. The minimum atomic E-state index is 0.0441. The van der Waals surface area contributed by atoms with Crippen molar-refractivity contribution in [2.45, 2.75) is 38.7 Å². The quantitative estimate of drug-likeness (QED) is 0.844. The third-order valence-electron chi connectivity index (χ3n) is 4.13. The molecule has 1 aliphatic heterocycles. The van der Waals surface area contributed by atoms with Gasteiger partial charge in [-0.15, -0.1) is 0 Å². The first-order valence-corrected chi connectivity index (χ1v) is 7.64. The van der Waals surface area contributed by atoms with Crippen LogP contribution in [0.25, 0.3) is 0 Å². The van der Waals surface area contributed by atoms with Crippen LogP contribution in [0.5, 0.6) is 0 Å². The Balaban J connectivity index is 1.88. The molecule has 2 heterocycles. The molecule has 0 saturated carbocycles. The second-order valence-electron chi connectivity index (χ2n) is 5.34. The van der Waals surface area contributed by atoms with Crippen LogP contribution in [0.15, 0.2) is 0 Å². The molecule has 1 aromatic heterocycles. The number of ether oxygens (including phenoxy) is 1. The summed E-state index contributed by atoms with van der Waals surface area (Å²) in [5.41, 5.74) is 2.55. The maximum Gasteiger partial charge on any atom is 0.138 e. The van der Waals surface area contributed by atoms with Crippen LogP contribution in [0.2, 0.25) is 0 Å². The lowest BCUT2D eigenvalue weighted by Gasteiger charge is -2.32. The number of rotatable bonds is 2. The van der Waals surface area contributed by atoms with Crippen LogP contribution in [0.1, 0.15) is 43.0 Å². The highest BCUT2D eigenvalue weighted by molar-refractivity contribution is 7.71. The number of hydrogen-bond acceptors (Lipinski definition) is 4. The number of fused-ring (bicyclic) bond motifs is 1. The van der Waals surface area contributed by atoms with E-state index >= 15 is 0 Å². The van der Waals surface area contributed by atoms with E-state index in [0.29, 0.717) is 0 Å². The van der Waals surface area contributed by atoms with Gasteiger partial charge in [-0.05, 0) is 32.2 Å². The fourth-order valence-corrected chi connectivity index (χ4v) is 3.27. The molecule has 1 fully saturated rings. The Morgan fingerprint density at radius 1 is 1.42 bits per heavy atom. The smallest absolute Gasteiger partial charge is 0.138 e. The average Bonchev–Trinajstić information content (AvgIpc) is 2.47. The number of aromatic nitrogens is 2. The molecule has 1 aromatic rings. The van der Waals surface area contributed by atoms with E-state index in [-0.39, 0.29) is 6.10 Å². The van der Waals surface area contributed by atoms with Gasteiger partial charge < -0.3 is 9.72 Å². The van der Waals surface area contributed by atoms with Gasteiger partial charge in [-0.25, -0.2) is 4.98 Å². The molecule has 1 atom stereocenters. The Morgan fingerprint density at radius 2 is 2.26 bits per heavy atom. The highest BCUT2D eigenvalue weighted by atomic mass is 32.1. The van der Waals surface area contributed by atoms with Gasteiger partial charge in [-0.2, -0.15) is 0 Å². The van der Waals surface area contributed by atoms with Gasteiger partial charge in [0.15, 0.2) is 0 Å². The van der Waals surface area contributed by atoms with Gasteiger partial charge >= 0.3 is 0 Å². The zero-order valence-corrected chi connectivity index (χ0v) is 12.3. The number of hydrogen-bond donors (Lipinski definition) is 1. The third-order valence-corrected chi connectivity index (χ3v) is 4.47. The summed E-state index contributed by atoms with van der Waals surface area (Å²) in [4.78, 5) is 10.5. The normalized spacial score (nSPS) is 24.2. The summed E-state index contributed by atoms with van der Waals surface area (Å²) in [6, 6.07) is 0. The number of H-pyrrole nitrogens is 1. The topological polar surface area (TPSA) is 41.1 Å². The van der Waals surface area contributed by atoms with E-state index in [4.69, 9.17) is 17.0 Å². The van der Waals surface area contributed by atoms with Crippen LogP contribution >= 0.6 is 12.2 Å². The number of morpholine rings is 1. The molecule has 3 rings (SSSR count). The third kappa shape index (κ3) is 2.73. The monoisotopic (exact) mass is 279 g/mol. The van der Waals surface area contributed by atoms with Gasteiger partial charge in [0.2, 0.25) is 0 Å². The van der Waals surface area contributed by atoms with Crippen molar-refractivity contribution in [2.75, 3.05) is 26.2 Å². The molecular formula is C14H21N3OS. The molecule has 1 aliphatic carbocycles. The maximum atomic E-state index is 5.86. The minimum absolute atomic E-state index is 0.0441.